The van der Waals surface area contributed by atoms with E-state index in [2.05, 4.69) is 10.3 Å². The van der Waals surface area contributed by atoms with Crippen LogP contribution in [0.15, 0.2) is 61.1 Å². The summed E-state index contributed by atoms with van der Waals surface area (Å²) in [6.45, 7) is 0.461. The number of hydrogen-bond donors (Lipinski definition) is 2. The van der Waals surface area contributed by atoms with Crippen molar-refractivity contribution in [3.8, 4) is 11.3 Å². The molecule has 0 aliphatic carbocycles. The minimum absolute atomic E-state index is 0.0151. The van der Waals surface area contributed by atoms with Gasteiger partial charge in [-0.05, 0) is 30.3 Å². The van der Waals surface area contributed by atoms with E-state index in [0.717, 1.165) is 23.4 Å². The second-order valence-electron chi connectivity index (χ2n) is 5.47. The standard InChI is InChI=1S/C18H16F3N3O/c19-18(20,21)13-5-7-14(8-6-13)23-16-4-2-1-3-15(16)17-11-24(9-10-25)12-22-17/h1-8,11-12,23,25H,9-10H2. The number of aliphatic hydroxyl groups excluding tert-OH is 1. The van der Waals surface area contributed by atoms with E-state index in [-0.39, 0.29) is 6.61 Å². The van der Waals surface area contributed by atoms with Crippen molar-refractivity contribution in [2.75, 3.05) is 11.9 Å². The van der Waals surface area contributed by atoms with Crippen molar-refractivity contribution >= 4 is 11.4 Å². The predicted octanol–water partition coefficient (Wildman–Crippen LogP) is 4.30. The molecule has 1 aromatic heterocycles. The van der Waals surface area contributed by atoms with Crippen LogP contribution in [0.1, 0.15) is 5.56 Å². The van der Waals surface area contributed by atoms with Gasteiger partial charge in [0.25, 0.3) is 0 Å². The summed E-state index contributed by atoms with van der Waals surface area (Å²) in [6, 6.07) is 12.3. The van der Waals surface area contributed by atoms with Crippen LogP contribution in [0.4, 0.5) is 24.5 Å². The van der Waals surface area contributed by atoms with Gasteiger partial charge >= 0.3 is 6.18 Å². The summed E-state index contributed by atoms with van der Waals surface area (Å²) >= 11 is 0. The van der Waals surface area contributed by atoms with Gasteiger partial charge in [-0.2, -0.15) is 13.2 Å². The highest BCUT2D eigenvalue weighted by Gasteiger charge is 2.29. The number of rotatable bonds is 5. The Kier molecular flexibility index (Phi) is 4.76. The molecule has 2 aromatic carbocycles. The minimum Gasteiger partial charge on any atom is -0.395 e. The number of aliphatic hydroxyl groups is 1. The number of anilines is 2. The van der Waals surface area contributed by atoms with Crippen molar-refractivity contribution in [2.24, 2.45) is 0 Å². The van der Waals surface area contributed by atoms with Crippen LogP contribution in [-0.4, -0.2) is 21.3 Å². The molecule has 3 aromatic rings. The molecule has 0 atom stereocenters. The molecule has 0 saturated heterocycles. The SMILES string of the molecule is OCCn1cnc(-c2ccccc2Nc2ccc(C(F)(F)F)cc2)c1. The van der Waals surface area contributed by atoms with E-state index in [0.29, 0.717) is 17.9 Å². The number of para-hydroxylation sites is 1. The number of alkyl halides is 3. The number of aromatic nitrogens is 2. The lowest BCUT2D eigenvalue weighted by Crippen LogP contribution is -2.04. The fraction of sp³-hybridized carbons (Fsp3) is 0.167. The third-order valence-corrected chi connectivity index (χ3v) is 3.69. The van der Waals surface area contributed by atoms with E-state index < -0.39 is 11.7 Å². The van der Waals surface area contributed by atoms with Crippen LogP contribution < -0.4 is 5.32 Å². The van der Waals surface area contributed by atoms with Crippen molar-refractivity contribution in [1.29, 1.82) is 0 Å². The second kappa shape index (κ2) is 6.98. The number of imidazole rings is 1. The van der Waals surface area contributed by atoms with Crippen LogP contribution in [0.3, 0.4) is 0 Å². The summed E-state index contributed by atoms with van der Waals surface area (Å²) in [4.78, 5) is 4.32. The smallest absolute Gasteiger partial charge is 0.395 e. The van der Waals surface area contributed by atoms with E-state index in [1.54, 1.807) is 10.9 Å². The largest absolute Gasteiger partial charge is 0.416 e. The zero-order valence-corrected chi connectivity index (χ0v) is 13.2. The molecule has 0 bridgehead atoms. The molecule has 4 nitrogen and oxygen atoms in total. The lowest BCUT2D eigenvalue weighted by atomic mass is 10.1. The maximum absolute atomic E-state index is 12.6. The number of hydrogen-bond acceptors (Lipinski definition) is 3. The summed E-state index contributed by atoms with van der Waals surface area (Å²) < 4.78 is 39.7. The zero-order valence-electron chi connectivity index (χ0n) is 13.2. The zero-order chi connectivity index (χ0) is 17.9. The Morgan fingerprint density at radius 3 is 2.44 bits per heavy atom. The summed E-state index contributed by atoms with van der Waals surface area (Å²) in [7, 11) is 0. The minimum atomic E-state index is -4.35. The molecule has 130 valence electrons. The molecule has 0 amide bonds. The number of nitrogens with one attached hydrogen (secondary N) is 1. The third-order valence-electron chi connectivity index (χ3n) is 3.69. The van der Waals surface area contributed by atoms with Crippen molar-refractivity contribution in [2.45, 2.75) is 12.7 Å². The van der Waals surface area contributed by atoms with Crippen molar-refractivity contribution in [3.05, 3.63) is 66.6 Å². The molecular formula is C18H16F3N3O. The van der Waals surface area contributed by atoms with Crippen molar-refractivity contribution < 1.29 is 18.3 Å². The van der Waals surface area contributed by atoms with Crippen LogP contribution >= 0.6 is 0 Å². The Morgan fingerprint density at radius 2 is 1.76 bits per heavy atom. The normalized spacial score (nSPS) is 11.5. The Labute approximate surface area is 142 Å². The van der Waals surface area contributed by atoms with Gasteiger partial charge in [-0.3, -0.25) is 0 Å². The molecule has 0 aliphatic heterocycles. The molecular weight excluding hydrogens is 331 g/mol. The fourth-order valence-electron chi connectivity index (χ4n) is 2.45. The number of benzene rings is 2. The molecule has 0 aliphatic rings. The summed E-state index contributed by atoms with van der Waals surface area (Å²) in [5.74, 6) is 0. The van der Waals surface area contributed by atoms with Gasteiger partial charge in [-0.1, -0.05) is 18.2 Å². The fourth-order valence-corrected chi connectivity index (χ4v) is 2.45. The lowest BCUT2D eigenvalue weighted by Gasteiger charge is -2.12. The first-order valence-electron chi connectivity index (χ1n) is 7.63. The lowest BCUT2D eigenvalue weighted by molar-refractivity contribution is -0.137. The Balaban J connectivity index is 1.85. The van der Waals surface area contributed by atoms with E-state index in [1.165, 1.54) is 12.1 Å². The first-order valence-corrected chi connectivity index (χ1v) is 7.63. The maximum atomic E-state index is 12.6. The van der Waals surface area contributed by atoms with Gasteiger partial charge < -0.3 is 15.0 Å². The van der Waals surface area contributed by atoms with Gasteiger partial charge in [-0.25, -0.2) is 4.98 Å². The number of nitrogens with zero attached hydrogens (tertiary/aromatic N) is 2. The predicted molar refractivity (Wildman–Crippen MR) is 89.5 cm³/mol. The highest BCUT2D eigenvalue weighted by Crippen LogP contribution is 2.32. The van der Waals surface area contributed by atoms with Crippen LogP contribution in [0.25, 0.3) is 11.3 Å². The first-order chi connectivity index (χ1) is 12.0. The molecule has 0 spiro atoms. The molecule has 25 heavy (non-hydrogen) atoms. The Morgan fingerprint density at radius 1 is 1.04 bits per heavy atom. The van der Waals surface area contributed by atoms with Crippen LogP contribution in [0.5, 0.6) is 0 Å². The van der Waals surface area contributed by atoms with Crippen LogP contribution in [0.2, 0.25) is 0 Å². The van der Waals surface area contributed by atoms with E-state index in [4.69, 9.17) is 5.11 Å². The quantitative estimate of drug-likeness (QED) is 0.723. The van der Waals surface area contributed by atoms with E-state index in [1.807, 2.05) is 30.5 Å². The molecule has 0 fully saturated rings. The molecule has 0 saturated carbocycles. The van der Waals surface area contributed by atoms with Crippen molar-refractivity contribution in [1.82, 2.24) is 9.55 Å². The first kappa shape index (κ1) is 17.0. The highest BCUT2D eigenvalue weighted by molar-refractivity contribution is 5.78. The molecule has 3 rings (SSSR count). The van der Waals surface area contributed by atoms with Crippen molar-refractivity contribution in [3.63, 3.8) is 0 Å². The van der Waals surface area contributed by atoms with Gasteiger partial charge in [-0.15, -0.1) is 0 Å². The second-order valence-corrected chi connectivity index (χ2v) is 5.47. The highest BCUT2D eigenvalue weighted by atomic mass is 19.4. The molecule has 2 N–H and O–H groups in total. The van der Waals surface area contributed by atoms with Gasteiger partial charge in [0.1, 0.15) is 0 Å². The van der Waals surface area contributed by atoms with Gasteiger partial charge in [0, 0.05) is 29.7 Å². The van der Waals surface area contributed by atoms with Gasteiger partial charge in [0.15, 0.2) is 0 Å². The molecule has 1 heterocycles. The topological polar surface area (TPSA) is 50.1 Å². The van der Waals surface area contributed by atoms with Crippen LogP contribution in [-0.2, 0) is 12.7 Å². The summed E-state index contributed by atoms with van der Waals surface area (Å²) in [5, 5.41) is 12.1. The maximum Gasteiger partial charge on any atom is 0.416 e. The van der Waals surface area contributed by atoms with E-state index in [9.17, 15) is 13.2 Å². The number of halogens is 3. The average molecular weight is 347 g/mol. The molecule has 0 unspecified atom stereocenters. The molecule has 0 radical (unpaired) electrons. The van der Waals surface area contributed by atoms with Crippen LogP contribution in [0, 0.1) is 0 Å². The summed E-state index contributed by atoms with van der Waals surface area (Å²) in [5.41, 5.74) is 2.13. The summed E-state index contributed by atoms with van der Waals surface area (Å²) in [6.07, 6.45) is -0.917. The van der Waals surface area contributed by atoms with Gasteiger partial charge in [0.2, 0.25) is 0 Å². The third kappa shape index (κ3) is 4.00. The monoisotopic (exact) mass is 347 g/mol. The van der Waals surface area contributed by atoms with E-state index >= 15 is 0 Å². The average Bonchev–Trinajstić information content (AvgIpc) is 3.04. The molecule has 7 heteroatoms. The van der Waals surface area contributed by atoms with Gasteiger partial charge in [0.05, 0.1) is 24.2 Å². The Bertz CT molecular complexity index is 841. The Hall–Kier alpha value is -2.80.